The third-order valence-electron chi connectivity index (χ3n) is 5.31. The van der Waals surface area contributed by atoms with Gasteiger partial charge in [-0.05, 0) is 69.9 Å². The number of hydrogen-bond acceptors (Lipinski definition) is 4. The lowest BCUT2D eigenvalue weighted by Gasteiger charge is -2.32. The number of methoxy groups -OCH3 is 1. The molecule has 26 heavy (non-hydrogen) atoms. The Kier molecular flexibility index (Phi) is 5.43. The van der Waals surface area contributed by atoms with E-state index in [-0.39, 0.29) is 18.3 Å². The third-order valence-corrected chi connectivity index (χ3v) is 6.38. The molecular formula is C21H27BO3S. The van der Waals surface area contributed by atoms with Crippen LogP contribution in [0.4, 0.5) is 0 Å². The van der Waals surface area contributed by atoms with E-state index in [0.717, 1.165) is 17.0 Å². The number of hydrogen-bond donors (Lipinski definition) is 0. The second-order valence-corrected chi connectivity index (χ2v) is 8.79. The average Bonchev–Trinajstić information content (AvgIpc) is 2.81. The third kappa shape index (κ3) is 3.95. The van der Waals surface area contributed by atoms with E-state index in [0.29, 0.717) is 0 Å². The van der Waals surface area contributed by atoms with Gasteiger partial charge in [0.25, 0.3) is 0 Å². The van der Waals surface area contributed by atoms with E-state index >= 15 is 0 Å². The van der Waals surface area contributed by atoms with Crippen molar-refractivity contribution in [3.63, 3.8) is 0 Å². The minimum absolute atomic E-state index is 0.305. The summed E-state index contributed by atoms with van der Waals surface area (Å²) in [5.74, 6) is 1.82. The minimum Gasteiger partial charge on any atom is -0.497 e. The summed E-state index contributed by atoms with van der Waals surface area (Å²) in [6, 6.07) is 14.7. The molecule has 0 aromatic heterocycles. The number of benzene rings is 2. The van der Waals surface area contributed by atoms with Crippen molar-refractivity contribution in [2.75, 3.05) is 7.11 Å². The van der Waals surface area contributed by atoms with Gasteiger partial charge in [-0.2, -0.15) is 0 Å². The van der Waals surface area contributed by atoms with Crippen LogP contribution in [0.3, 0.4) is 0 Å². The topological polar surface area (TPSA) is 27.7 Å². The highest BCUT2D eigenvalue weighted by Gasteiger charge is 2.51. The Balaban J connectivity index is 1.68. The summed E-state index contributed by atoms with van der Waals surface area (Å²) >= 11 is 1.83. The van der Waals surface area contributed by atoms with E-state index in [1.807, 2.05) is 23.9 Å². The van der Waals surface area contributed by atoms with Crippen LogP contribution in [0.2, 0.25) is 0 Å². The lowest BCUT2D eigenvalue weighted by Crippen LogP contribution is -2.41. The van der Waals surface area contributed by atoms with Crippen molar-refractivity contribution in [3.05, 3.63) is 53.6 Å². The highest BCUT2D eigenvalue weighted by atomic mass is 32.2. The summed E-state index contributed by atoms with van der Waals surface area (Å²) in [6.07, 6.45) is 0. The largest absolute Gasteiger partial charge is 0.497 e. The smallest absolute Gasteiger partial charge is 0.495 e. The second kappa shape index (κ2) is 7.30. The van der Waals surface area contributed by atoms with Crippen molar-refractivity contribution in [1.29, 1.82) is 0 Å². The Labute approximate surface area is 161 Å². The Bertz CT molecular complexity index is 755. The molecule has 0 spiro atoms. The molecule has 3 rings (SSSR count). The van der Waals surface area contributed by atoms with Gasteiger partial charge in [0.1, 0.15) is 5.75 Å². The Hall–Kier alpha value is -1.43. The van der Waals surface area contributed by atoms with Crippen LogP contribution < -0.4 is 10.2 Å². The lowest BCUT2D eigenvalue weighted by atomic mass is 9.76. The van der Waals surface area contributed by atoms with E-state index < -0.39 is 0 Å². The Morgan fingerprint density at radius 2 is 1.58 bits per heavy atom. The summed E-state index contributed by atoms with van der Waals surface area (Å²) in [5, 5.41) is 0. The van der Waals surface area contributed by atoms with Crippen molar-refractivity contribution < 1.29 is 14.0 Å². The van der Waals surface area contributed by atoms with Crippen LogP contribution >= 0.6 is 11.8 Å². The van der Waals surface area contributed by atoms with Gasteiger partial charge in [-0.1, -0.05) is 23.8 Å². The molecule has 5 heteroatoms. The van der Waals surface area contributed by atoms with Crippen LogP contribution in [0.1, 0.15) is 38.8 Å². The molecule has 1 aliphatic rings. The van der Waals surface area contributed by atoms with Crippen molar-refractivity contribution >= 4 is 24.3 Å². The van der Waals surface area contributed by atoms with Gasteiger partial charge in [-0.25, -0.2) is 0 Å². The van der Waals surface area contributed by atoms with Crippen molar-refractivity contribution in [2.24, 2.45) is 0 Å². The van der Waals surface area contributed by atoms with Gasteiger partial charge in [0.2, 0.25) is 0 Å². The Morgan fingerprint density at radius 1 is 0.962 bits per heavy atom. The van der Waals surface area contributed by atoms with E-state index in [1.54, 1.807) is 7.11 Å². The number of thioether (sulfide) groups is 1. The summed E-state index contributed by atoms with van der Waals surface area (Å²) in [7, 11) is 1.38. The van der Waals surface area contributed by atoms with Gasteiger partial charge in [-0.3, -0.25) is 0 Å². The quantitative estimate of drug-likeness (QED) is 0.568. The number of ether oxygens (including phenoxy) is 1. The molecule has 0 bridgehead atoms. The molecule has 1 fully saturated rings. The molecule has 3 nitrogen and oxygen atoms in total. The van der Waals surface area contributed by atoms with Gasteiger partial charge >= 0.3 is 7.12 Å². The summed E-state index contributed by atoms with van der Waals surface area (Å²) in [4.78, 5) is 1.25. The fourth-order valence-electron chi connectivity index (χ4n) is 2.86. The van der Waals surface area contributed by atoms with Crippen molar-refractivity contribution in [2.45, 2.75) is 56.5 Å². The summed E-state index contributed by atoms with van der Waals surface area (Å²) < 4.78 is 17.6. The molecular weight excluding hydrogens is 343 g/mol. The molecule has 1 heterocycles. The maximum atomic E-state index is 6.18. The van der Waals surface area contributed by atoms with Crippen LogP contribution in [-0.2, 0) is 15.1 Å². The maximum Gasteiger partial charge on any atom is 0.495 e. The molecule has 0 N–H and O–H groups in total. The molecule has 1 saturated heterocycles. The normalized spacial score (nSPS) is 18.2. The first-order chi connectivity index (χ1) is 12.2. The van der Waals surface area contributed by atoms with Gasteiger partial charge < -0.3 is 14.0 Å². The molecule has 138 valence electrons. The first kappa shape index (κ1) is 19.3. The van der Waals surface area contributed by atoms with Crippen molar-refractivity contribution in [1.82, 2.24) is 0 Å². The second-order valence-electron chi connectivity index (χ2n) is 7.74. The standard InChI is InChI=1S/C21H27BO3S/c1-15-13-18(26-14-16-7-9-17(23-6)10-8-16)11-12-19(15)22-24-20(2,3)21(4,5)25-22/h7-13H,14H2,1-6H3. The predicted octanol–water partition coefficient (Wildman–Crippen LogP) is 4.60. The SMILES string of the molecule is COc1ccc(CSc2ccc(B3OC(C)(C)C(C)(C)O3)c(C)c2)cc1. The van der Waals surface area contributed by atoms with Gasteiger partial charge in [-0.15, -0.1) is 11.8 Å². The predicted molar refractivity (Wildman–Crippen MR) is 109 cm³/mol. The fourth-order valence-corrected chi connectivity index (χ4v) is 3.81. The highest BCUT2D eigenvalue weighted by Crippen LogP contribution is 2.37. The molecule has 0 atom stereocenters. The van der Waals surface area contributed by atoms with Crippen LogP contribution in [-0.4, -0.2) is 25.4 Å². The first-order valence-electron chi connectivity index (χ1n) is 8.94. The van der Waals surface area contributed by atoms with E-state index in [2.05, 4.69) is 65.0 Å². The molecule has 2 aromatic rings. The monoisotopic (exact) mass is 370 g/mol. The minimum atomic E-state index is -0.314. The van der Waals surface area contributed by atoms with Gasteiger partial charge in [0.15, 0.2) is 0 Å². The van der Waals surface area contributed by atoms with E-state index in [9.17, 15) is 0 Å². The molecule has 2 aromatic carbocycles. The molecule has 0 saturated carbocycles. The van der Waals surface area contributed by atoms with E-state index in [1.165, 1.54) is 16.0 Å². The van der Waals surface area contributed by atoms with Gasteiger partial charge in [0, 0.05) is 10.6 Å². The molecule has 0 amide bonds. The fraction of sp³-hybridized carbons (Fsp3) is 0.429. The summed E-state index contributed by atoms with van der Waals surface area (Å²) in [5.41, 5.74) is 2.96. The number of rotatable bonds is 5. The molecule has 0 unspecified atom stereocenters. The zero-order chi connectivity index (χ0) is 18.9. The van der Waals surface area contributed by atoms with Crippen molar-refractivity contribution in [3.8, 4) is 5.75 Å². The summed E-state index contributed by atoms with van der Waals surface area (Å²) in [6.45, 7) is 10.5. The number of aryl methyl sites for hydroxylation is 1. The zero-order valence-electron chi connectivity index (χ0n) is 16.5. The first-order valence-corrected chi connectivity index (χ1v) is 9.92. The zero-order valence-corrected chi connectivity index (χ0v) is 17.3. The van der Waals surface area contributed by atoms with E-state index in [4.69, 9.17) is 14.0 Å². The maximum absolute atomic E-state index is 6.18. The molecule has 0 radical (unpaired) electrons. The highest BCUT2D eigenvalue weighted by molar-refractivity contribution is 7.98. The van der Waals surface area contributed by atoms with Crippen LogP contribution in [0.5, 0.6) is 5.75 Å². The van der Waals surface area contributed by atoms with Crippen LogP contribution in [0, 0.1) is 6.92 Å². The molecule has 0 aliphatic carbocycles. The van der Waals surface area contributed by atoms with Crippen LogP contribution in [0.25, 0.3) is 0 Å². The van der Waals surface area contributed by atoms with Gasteiger partial charge in [0.05, 0.1) is 18.3 Å². The Morgan fingerprint density at radius 3 is 2.12 bits per heavy atom. The average molecular weight is 370 g/mol. The van der Waals surface area contributed by atoms with Crippen LogP contribution in [0.15, 0.2) is 47.4 Å². The molecule has 1 aliphatic heterocycles. The lowest BCUT2D eigenvalue weighted by molar-refractivity contribution is 0.00578.